The molecule has 0 saturated carbocycles. The molecule has 1 aliphatic heterocycles. The molecular formula is C23H30N2O3. The fourth-order valence-electron chi connectivity index (χ4n) is 3.75. The topological polar surface area (TPSA) is 60.5 Å². The van der Waals surface area contributed by atoms with E-state index in [1.165, 1.54) is 5.56 Å². The molecule has 1 saturated heterocycles. The number of nitrogens with one attached hydrogen (secondary N) is 1. The second kappa shape index (κ2) is 9.80. The van der Waals surface area contributed by atoms with Crippen molar-refractivity contribution in [3.8, 4) is 11.1 Å². The van der Waals surface area contributed by atoms with Crippen molar-refractivity contribution in [3.05, 3.63) is 54.4 Å². The molecule has 1 aliphatic rings. The lowest BCUT2D eigenvalue weighted by atomic mass is 9.74. The maximum absolute atomic E-state index is 13.1. The SMILES string of the molecule is CCO[C@@H](C)CNC(=O)C1(Cc2ccc(-c3cccnc3)cc2)CCOCC1. The molecule has 0 spiro atoms. The summed E-state index contributed by atoms with van der Waals surface area (Å²) < 4.78 is 11.1. The molecule has 1 aromatic carbocycles. The van der Waals surface area contributed by atoms with Crippen molar-refractivity contribution in [1.82, 2.24) is 10.3 Å². The number of ether oxygens (including phenoxy) is 2. The molecule has 1 aromatic heterocycles. The van der Waals surface area contributed by atoms with Crippen LogP contribution in [0.25, 0.3) is 11.1 Å². The molecule has 2 heterocycles. The predicted octanol–water partition coefficient (Wildman–Crippen LogP) is 3.63. The summed E-state index contributed by atoms with van der Waals surface area (Å²) in [6, 6.07) is 12.4. The Labute approximate surface area is 167 Å². The van der Waals surface area contributed by atoms with Gasteiger partial charge in [-0.1, -0.05) is 30.3 Å². The van der Waals surface area contributed by atoms with E-state index in [1.807, 2.05) is 26.1 Å². The van der Waals surface area contributed by atoms with Gasteiger partial charge in [-0.3, -0.25) is 9.78 Å². The quantitative estimate of drug-likeness (QED) is 0.757. The Balaban J connectivity index is 1.70. The minimum atomic E-state index is -0.417. The van der Waals surface area contributed by atoms with Gasteiger partial charge in [-0.25, -0.2) is 0 Å². The molecule has 0 bridgehead atoms. The number of amides is 1. The number of benzene rings is 1. The molecule has 2 aromatic rings. The molecule has 0 aliphatic carbocycles. The molecule has 0 unspecified atom stereocenters. The van der Waals surface area contributed by atoms with E-state index in [4.69, 9.17) is 9.47 Å². The third kappa shape index (κ3) is 5.18. The maximum atomic E-state index is 13.1. The van der Waals surface area contributed by atoms with E-state index in [9.17, 15) is 4.79 Å². The highest BCUT2D eigenvalue weighted by molar-refractivity contribution is 5.83. The summed E-state index contributed by atoms with van der Waals surface area (Å²) in [5, 5.41) is 3.11. The van der Waals surface area contributed by atoms with Crippen molar-refractivity contribution in [2.24, 2.45) is 5.41 Å². The van der Waals surface area contributed by atoms with Crippen LogP contribution in [0.1, 0.15) is 32.3 Å². The van der Waals surface area contributed by atoms with Crippen molar-refractivity contribution in [2.45, 2.75) is 39.2 Å². The zero-order valence-corrected chi connectivity index (χ0v) is 16.8. The van der Waals surface area contributed by atoms with Crippen molar-refractivity contribution in [2.75, 3.05) is 26.4 Å². The van der Waals surface area contributed by atoms with Crippen LogP contribution in [0.15, 0.2) is 48.8 Å². The Morgan fingerprint density at radius 1 is 1.21 bits per heavy atom. The Kier molecular flexibility index (Phi) is 7.18. The Bertz CT molecular complexity index is 740. The van der Waals surface area contributed by atoms with Crippen LogP contribution in [0.3, 0.4) is 0 Å². The first-order valence-electron chi connectivity index (χ1n) is 10.1. The zero-order chi connectivity index (χ0) is 19.8. The monoisotopic (exact) mass is 382 g/mol. The third-order valence-electron chi connectivity index (χ3n) is 5.42. The van der Waals surface area contributed by atoms with Crippen molar-refractivity contribution in [3.63, 3.8) is 0 Å². The van der Waals surface area contributed by atoms with E-state index in [1.54, 1.807) is 6.20 Å². The molecule has 3 rings (SSSR count). The molecule has 1 N–H and O–H groups in total. The van der Waals surface area contributed by atoms with Crippen LogP contribution in [0, 0.1) is 5.41 Å². The lowest BCUT2D eigenvalue weighted by molar-refractivity contribution is -0.137. The van der Waals surface area contributed by atoms with Gasteiger partial charge in [0.25, 0.3) is 0 Å². The predicted molar refractivity (Wildman–Crippen MR) is 110 cm³/mol. The summed E-state index contributed by atoms with van der Waals surface area (Å²) in [7, 11) is 0. The summed E-state index contributed by atoms with van der Waals surface area (Å²) >= 11 is 0. The normalized spacial score (nSPS) is 17.1. The standard InChI is InChI=1S/C23H30N2O3/c1-3-28-18(2)16-25-22(26)23(10-13-27-14-11-23)15-19-6-8-20(9-7-19)21-5-4-12-24-17-21/h4-9,12,17-18H,3,10-11,13-16H2,1-2H3,(H,25,26)/t18-/m0/s1. The summed E-state index contributed by atoms with van der Waals surface area (Å²) in [5.74, 6) is 0.110. The fraction of sp³-hybridized carbons (Fsp3) is 0.478. The number of aromatic nitrogens is 1. The highest BCUT2D eigenvalue weighted by Gasteiger charge is 2.40. The molecular weight excluding hydrogens is 352 g/mol. The minimum absolute atomic E-state index is 0.0182. The van der Waals surface area contributed by atoms with Crippen molar-refractivity contribution in [1.29, 1.82) is 0 Å². The van der Waals surface area contributed by atoms with Gasteiger partial charge in [-0.05, 0) is 55.9 Å². The average Bonchev–Trinajstić information content (AvgIpc) is 2.74. The van der Waals surface area contributed by atoms with Gasteiger partial charge in [0.1, 0.15) is 0 Å². The fourth-order valence-corrected chi connectivity index (χ4v) is 3.75. The maximum Gasteiger partial charge on any atom is 0.226 e. The van der Waals surface area contributed by atoms with E-state index in [0.717, 1.165) is 30.4 Å². The number of hydrogen-bond acceptors (Lipinski definition) is 4. The van der Waals surface area contributed by atoms with Crippen LogP contribution in [-0.2, 0) is 20.7 Å². The van der Waals surface area contributed by atoms with Gasteiger partial charge in [0, 0.05) is 38.8 Å². The highest BCUT2D eigenvalue weighted by atomic mass is 16.5. The summed E-state index contributed by atoms with van der Waals surface area (Å²) in [6.45, 7) is 6.39. The van der Waals surface area contributed by atoms with Crippen LogP contribution in [0.4, 0.5) is 0 Å². The Morgan fingerprint density at radius 2 is 1.96 bits per heavy atom. The average molecular weight is 383 g/mol. The third-order valence-corrected chi connectivity index (χ3v) is 5.42. The second-order valence-corrected chi connectivity index (χ2v) is 7.48. The first-order valence-corrected chi connectivity index (χ1v) is 10.1. The van der Waals surface area contributed by atoms with Gasteiger partial charge in [0.15, 0.2) is 0 Å². The van der Waals surface area contributed by atoms with Crippen LogP contribution >= 0.6 is 0 Å². The summed E-state index contributed by atoms with van der Waals surface area (Å²) in [5.41, 5.74) is 2.98. The van der Waals surface area contributed by atoms with E-state index in [0.29, 0.717) is 26.4 Å². The van der Waals surface area contributed by atoms with Gasteiger partial charge in [0.05, 0.1) is 11.5 Å². The number of carbonyl (C=O) groups is 1. The van der Waals surface area contributed by atoms with E-state index < -0.39 is 5.41 Å². The van der Waals surface area contributed by atoms with Crippen LogP contribution in [-0.4, -0.2) is 43.4 Å². The Hall–Kier alpha value is -2.24. The van der Waals surface area contributed by atoms with Crippen LogP contribution in [0.5, 0.6) is 0 Å². The molecule has 1 amide bonds. The first-order chi connectivity index (χ1) is 13.6. The molecule has 0 radical (unpaired) electrons. The Morgan fingerprint density at radius 3 is 2.61 bits per heavy atom. The lowest BCUT2D eigenvalue weighted by Crippen LogP contribution is -2.47. The molecule has 1 atom stereocenters. The molecule has 28 heavy (non-hydrogen) atoms. The van der Waals surface area contributed by atoms with E-state index in [-0.39, 0.29) is 12.0 Å². The molecule has 5 heteroatoms. The molecule has 5 nitrogen and oxygen atoms in total. The second-order valence-electron chi connectivity index (χ2n) is 7.48. The number of nitrogens with zero attached hydrogens (tertiary/aromatic N) is 1. The smallest absolute Gasteiger partial charge is 0.226 e. The van der Waals surface area contributed by atoms with Crippen molar-refractivity contribution < 1.29 is 14.3 Å². The van der Waals surface area contributed by atoms with Crippen LogP contribution in [0.2, 0.25) is 0 Å². The van der Waals surface area contributed by atoms with Crippen LogP contribution < -0.4 is 5.32 Å². The largest absolute Gasteiger partial charge is 0.381 e. The number of carbonyl (C=O) groups excluding carboxylic acids is 1. The van der Waals surface area contributed by atoms with Gasteiger partial charge in [-0.15, -0.1) is 0 Å². The van der Waals surface area contributed by atoms with Gasteiger partial charge in [0.2, 0.25) is 5.91 Å². The lowest BCUT2D eigenvalue weighted by Gasteiger charge is -2.36. The van der Waals surface area contributed by atoms with Gasteiger partial charge >= 0.3 is 0 Å². The number of rotatable bonds is 8. The first kappa shape index (κ1) is 20.5. The zero-order valence-electron chi connectivity index (χ0n) is 16.8. The van der Waals surface area contributed by atoms with Gasteiger partial charge < -0.3 is 14.8 Å². The van der Waals surface area contributed by atoms with Crippen molar-refractivity contribution >= 4 is 5.91 Å². The van der Waals surface area contributed by atoms with E-state index >= 15 is 0 Å². The summed E-state index contributed by atoms with van der Waals surface area (Å²) in [4.78, 5) is 17.3. The minimum Gasteiger partial charge on any atom is -0.381 e. The number of hydrogen-bond donors (Lipinski definition) is 1. The van der Waals surface area contributed by atoms with E-state index in [2.05, 4.69) is 40.6 Å². The number of pyridine rings is 1. The van der Waals surface area contributed by atoms with Gasteiger partial charge in [-0.2, -0.15) is 0 Å². The molecule has 150 valence electrons. The highest BCUT2D eigenvalue weighted by Crippen LogP contribution is 2.35. The molecule has 1 fully saturated rings. The summed E-state index contributed by atoms with van der Waals surface area (Å²) in [6.07, 6.45) is 5.86.